The highest BCUT2D eigenvalue weighted by molar-refractivity contribution is 5.80. The lowest BCUT2D eigenvalue weighted by atomic mass is 9.99. The Bertz CT molecular complexity index is 1780. The molecule has 0 aliphatic carbocycles. The molecule has 8 atom stereocenters. The number of rotatable bonds is 68. The maximum Gasteiger partial charge on any atom is 0.306 e. The van der Waals surface area contributed by atoms with Gasteiger partial charge in [-0.15, -0.1) is 0 Å². The molecule has 1 aliphatic rings. The molecule has 0 aromatic carbocycles. The summed E-state index contributed by atoms with van der Waals surface area (Å²) in [5.74, 6) is -1.18. The molecule has 92 heavy (non-hydrogen) atoms. The predicted octanol–water partition coefficient (Wildman–Crippen LogP) is 21.0. The highest BCUT2D eigenvalue weighted by Crippen LogP contribution is 2.27. The van der Waals surface area contributed by atoms with Crippen LogP contribution in [0.5, 0.6) is 0 Å². The molecule has 0 aromatic rings. The molecule has 11 nitrogen and oxygen atoms in total. The van der Waals surface area contributed by atoms with Gasteiger partial charge in [-0.3, -0.25) is 9.59 Å². The van der Waals surface area contributed by atoms with Gasteiger partial charge in [-0.25, -0.2) is 0 Å². The molecular formula is C81H147NO10. The number of carbonyl (C=O) groups is 2. The number of ether oxygens (including phenoxy) is 3. The van der Waals surface area contributed by atoms with Crippen molar-refractivity contribution >= 4 is 11.9 Å². The number of unbranched alkanes of at least 4 members (excludes halogenated alkanes) is 44. The fourth-order valence-electron chi connectivity index (χ4n) is 12.2. The maximum atomic E-state index is 13.5. The van der Waals surface area contributed by atoms with Crippen molar-refractivity contribution in [2.45, 2.75) is 416 Å². The molecule has 0 saturated carbocycles. The van der Waals surface area contributed by atoms with E-state index in [1.165, 1.54) is 244 Å². The van der Waals surface area contributed by atoms with Crippen molar-refractivity contribution in [1.82, 2.24) is 5.32 Å². The van der Waals surface area contributed by atoms with E-state index < -0.39 is 67.4 Å². The Morgan fingerprint density at radius 3 is 1.14 bits per heavy atom. The molecule has 1 amide bonds. The molecule has 1 fully saturated rings. The van der Waals surface area contributed by atoms with Crippen LogP contribution in [0.15, 0.2) is 72.9 Å². The van der Waals surface area contributed by atoms with Crippen LogP contribution < -0.4 is 5.32 Å². The van der Waals surface area contributed by atoms with E-state index in [1.807, 2.05) is 6.08 Å². The lowest BCUT2D eigenvalue weighted by Crippen LogP contribution is -2.61. The van der Waals surface area contributed by atoms with Crippen molar-refractivity contribution in [3.05, 3.63) is 72.9 Å². The highest BCUT2D eigenvalue weighted by atomic mass is 16.7. The van der Waals surface area contributed by atoms with Crippen LogP contribution in [-0.2, 0) is 23.8 Å². The largest absolute Gasteiger partial charge is 0.454 e. The lowest BCUT2D eigenvalue weighted by molar-refractivity contribution is -0.305. The predicted molar refractivity (Wildman–Crippen MR) is 389 cm³/mol. The Morgan fingerprint density at radius 1 is 0.424 bits per heavy atom. The third-order valence-corrected chi connectivity index (χ3v) is 18.3. The van der Waals surface area contributed by atoms with E-state index in [4.69, 9.17) is 14.2 Å². The molecule has 0 aromatic heterocycles. The van der Waals surface area contributed by atoms with Gasteiger partial charge in [0.25, 0.3) is 0 Å². The number of aliphatic hydroxyl groups is 5. The van der Waals surface area contributed by atoms with Crippen molar-refractivity contribution < 1.29 is 49.3 Å². The van der Waals surface area contributed by atoms with Gasteiger partial charge in [0, 0.05) is 6.42 Å². The van der Waals surface area contributed by atoms with Gasteiger partial charge in [-0.2, -0.15) is 0 Å². The number of allylic oxidation sites excluding steroid dienone is 11. The number of aliphatic hydroxyl groups excluding tert-OH is 5. The van der Waals surface area contributed by atoms with Crippen LogP contribution in [0.4, 0.5) is 0 Å². The minimum Gasteiger partial charge on any atom is -0.454 e. The lowest BCUT2D eigenvalue weighted by Gasteiger charge is -2.41. The van der Waals surface area contributed by atoms with Gasteiger partial charge in [0.1, 0.15) is 24.4 Å². The zero-order valence-electron chi connectivity index (χ0n) is 59.9. The second-order valence-electron chi connectivity index (χ2n) is 27.1. The Labute approximate surface area is 566 Å². The first-order valence-corrected chi connectivity index (χ1v) is 39.2. The first-order valence-electron chi connectivity index (χ1n) is 39.2. The van der Waals surface area contributed by atoms with E-state index in [0.717, 1.165) is 77.0 Å². The van der Waals surface area contributed by atoms with Crippen LogP contribution in [0, 0.1) is 0 Å². The number of hydrogen-bond donors (Lipinski definition) is 6. The van der Waals surface area contributed by atoms with Crippen LogP contribution in [-0.4, -0.2) is 99.6 Å². The van der Waals surface area contributed by atoms with Crippen molar-refractivity contribution in [3.63, 3.8) is 0 Å². The highest BCUT2D eigenvalue weighted by Gasteiger charge is 2.47. The van der Waals surface area contributed by atoms with Crippen molar-refractivity contribution in [2.24, 2.45) is 0 Å². The molecular weight excluding hydrogens is 1150 g/mol. The Balaban J connectivity index is 2.50. The standard InChI is InChI=1S/C81H147NO10/c1-4-7-10-13-16-19-22-25-27-29-31-33-35-37-39-40-42-44-46-48-50-53-56-59-62-65-68-74(85)80(89)82-72(73(84)67-64-61-58-55-52-24-21-18-15-12-9-6-3)71-90-81-79(78(88)77(87)75(70-83)91-81)92-76(86)69-66-63-60-57-54-51-49-47-45-43-41-38-36-34-32-30-28-26-23-20-17-14-11-8-5-2/h16-17,19-20,25-28,32,34,64,67,72-75,77-79,81,83-85,87-88H,4-15,18,21-24,29-31,33,35-63,65-66,68-71H2,1-3H3,(H,82,89)/b19-16-,20-17-,27-25-,28-26-,34-32-,67-64+. The second kappa shape index (κ2) is 68.1. The molecule has 8 unspecified atom stereocenters. The topological polar surface area (TPSA) is 175 Å². The first-order chi connectivity index (χ1) is 45.2. The summed E-state index contributed by atoms with van der Waals surface area (Å²) in [7, 11) is 0. The Morgan fingerprint density at radius 2 is 0.750 bits per heavy atom. The second-order valence-corrected chi connectivity index (χ2v) is 27.1. The summed E-state index contributed by atoms with van der Waals surface area (Å²) in [6, 6.07) is -1.03. The summed E-state index contributed by atoms with van der Waals surface area (Å²) in [6.07, 6.45) is 79.5. The van der Waals surface area contributed by atoms with E-state index in [-0.39, 0.29) is 13.0 Å². The molecule has 0 spiro atoms. The molecule has 11 heteroatoms. The number of amides is 1. The molecule has 1 aliphatic heterocycles. The summed E-state index contributed by atoms with van der Waals surface area (Å²) in [6.45, 7) is 5.79. The molecule has 0 radical (unpaired) electrons. The quantitative estimate of drug-likeness (QED) is 0.0195. The van der Waals surface area contributed by atoms with E-state index in [2.05, 4.69) is 86.8 Å². The molecule has 6 N–H and O–H groups in total. The van der Waals surface area contributed by atoms with Crippen molar-refractivity contribution in [2.75, 3.05) is 13.2 Å². The van der Waals surface area contributed by atoms with Crippen molar-refractivity contribution in [1.29, 1.82) is 0 Å². The van der Waals surface area contributed by atoms with Crippen LogP contribution >= 0.6 is 0 Å². The number of esters is 1. The minimum absolute atomic E-state index is 0.121. The smallest absolute Gasteiger partial charge is 0.306 e. The van der Waals surface area contributed by atoms with Crippen LogP contribution in [0.1, 0.15) is 367 Å². The summed E-state index contributed by atoms with van der Waals surface area (Å²) < 4.78 is 17.7. The van der Waals surface area contributed by atoms with Gasteiger partial charge in [0.2, 0.25) is 5.91 Å². The van der Waals surface area contributed by atoms with Crippen molar-refractivity contribution in [3.8, 4) is 0 Å². The van der Waals surface area contributed by atoms with Gasteiger partial charge in [0.05, 0.1) is 25.4 Å². The van der Waals surface area contributed by atoms with Gasteiger partial charge < -0.3 is 45.1 Å². The van der Waals surface area contributed by atoms with E-state index in [0.29, 0.717) is 19.3 Å². The van der Waals surface area contributed by atoms with Gasteiger partial charge in [0.15, 0.2) is 12.4 Å². The van der Waals surface area contributed by atoms with Crippen LogP contribution in [0.25, 0.3) is 0 Å². The number of nitrogens with one attached hydrogen (secondary N) is 1. The maximum absolute atomic E-state index is 13.5. The van der Waals surface area contributed by atoms with Crippen LogP contribution in [0.3, 0.4) is 0 Å². The van der Waals surface area contributed by atoms with Gasteiger partial charge in [-0.1, -0.05) is 338 Å². The zero-order valence-corrected chi connectivity index (χ0v) is 59.9. The molecule has 1 rings (SSSR count). The Kier molecular flexibility index (Phi) is 64.4. The molecule has 1 heterocycles. The normalized spacial score (nSPS) is 18.3. The van der Waals surface area contributed by atoms with Gasteiger partial charge in [-0.05, 0) is 96.3 Å². The first kappa shape index (κ1) is 87.1. The summed E-state index contributed by atoms with van der Waals surface area (Å²) in [4.78, 5) is 26.8. The average Bonchev–Trinajstić information content (AvgIpc) is 0.875. The third-order valence-electron chi connectivity index (χ3n) is 18.3. The fourth-order valence-corrected chi connectivity index (χ4v) is 12.2. The van der Waals surface area contributed by atoms with E-state index in [9.17, 15) is 35.1 Å². The number of carbonyl (C=O) groups excluding carboxylic acids is 2. The minimum atomic E-state index is -1.62. The fraction of sp³-hybridized carbons (Fsp3) is 0.827. The van der Waals surface area contributed by atoms with Gasteiger partial charge >= 0.3 is 5.97 Å². The molecule has 1 saturated heterocycles. The monoisotopic (exact) mass is 1290 g/mol. The Hall–Kier alpha value is -2.90. The van der Waals surface area contributed by atoms with Crippen LogP contribution in [0.2, 0.25) is 0 Å². The SMILES string of the molecule is CCCCC/C=C\C/C=C\C/C=C\CCCCCCCCCCCCCCC(=O)OC1C(OCC(NC(=O)C(O)CCCCCCCCCCCCCCCCCC/C=C\C/C=C\CCCCC)C(O)/C=C/CCCCCCCCCCCC)OC(CO)C(O)C1O. The van der Waals surface area contributed by atoms with E-state index in [1.54, 1.807) is 6.08 Å². The zero-order chi connectivity index (χ0) is 66.7. The number of hydrogen-bond acceptors (Lipinski definition) is 10. The molecule has 0 bridgehead atoms. The summed E-state index contributed by atoms with van der Waals surface area (Å²) in [5.41, 5.74) is 0. The third kappa shape index (κ3) is 54.2. The molecule has 536 valence electrons. The summed E-state index contributed by atoms with van der Waals surface area (Å²) in [5, 5.41) is 57.4. The average molecular weight is 1300 g/mol. The van der Waals surface area contributed by atoms with E-state index >= 15 is 0 Å². The summed E-state index contributed by atoms with van der Waals surface area (Å²) >= 11 is 0.